The monoisotopic (exact) mass is 743 g/mol. The van der Waals surface area contributed by atoms with Gasteiger partial charge < -0.3 is 9.32 Å². The lowest BCUT2D eigenvalue weighted by atomic mass is 9.97. The Balaban J connectivity index is 0.989. The van der Waals surface area contributed by atoms with E-state index < -0.39 is 0 Å². The highest BCUT2D eigenvalue weighted by Gasteiger charge is 2.21. The molecule has 2 heterocycles. The van der Waals surface area contributed by atoms with Crippen molar-refractivity contribution in [3.05, 3.63) is 200 Å². The molecule has 10 aromatic carbocycles. The van der Waals surface area contributed by atoms with Crippen LogP contribution in [-0.2, 0) is 0 Å². The van der Waals surface area contributed by atoms with Crippen LogP contribution in [0.3, 0.4) is 0 Å². The molecule has 0 aliphatic rings. The summed E-state index contributed by atoms with van der Waals surface area (Å²) in [5, 5.41) is 12.2. The summed E-state index contributed by atoms with van der Waals surface area (Å²) >= 11 is 1.86. The van der Waals surface area contributed by atoms with Gasteiger partial charge in [-0.1, -0.05) is 140 Å². The highest BCUT2D eigenvalue weighted by Crippen LogP contribution is 2.45. The van der Waals surface area contributed by atoms with Crippen molar-refractivity contribution < 1.29 is 4.42 Å². The van der Waals surface area contributed by atoms with Gasteiger partial charge in [-0.3, -0.25) is 0 Å². The summed E-state index contributed by atoms with van der Waals surface area (Å²) in [7, 11) is 0. The predicted molar refractivity (Wildman–Crippen MR) is 245 cm³/mol. The van der Waals surface area contributed by atoms with Gasteiger partial charge in [0.1, 0.15) is 11.2 Å². The Labute approximate surface area is 333 Å². The van der Waals surface area contributed by atoms with Gasteiger partial charge in [0.15, 0.2) is 0 Å². The van der Waals surface area contributed by atoms with Crippen LogP contribution in [0.25, 0.3) is 96.7 Å². The number of hydrogen-bond donors (Lipinski definition) is 0. The Hall–Kier alpha value is -7.20. The van der Waals surface area contributed by atoms with Crippen molar-refractivity contribution in [3.8, 4) is 22.3 Å². The van der Waals surface area contributed by atoms with Crippen molar-refractivity contribution in [3.63, 3.8) is 0 Å². The van der Waals surface area contributed by atoms with E-state index in [0.29, 0.717) is 0 Å². The third-order valence-electron chi connectivity index (χ3n) is 11.6. The number of benzene rings is 10. The largest absolute Gasteiger partial charge is 0.455 e. The number of fused-ring (bicyclic) bond motifs is 11. The van der Waals surface area contributed by atoms with E-state index in [1.165, 1.54) is 69.4 Å². The van der Waals surface area contributed by atoms with Gasteiger partial charge in [0.25, 0.3) is 0 Å². The van der Waals surface area contributed by atoms with Crippen molar-refractivity contribution >= 4 is 103 Å². The summed E-state index contributed by atoms with van der Waals surface area (Å²) < 4.78 is 9.31. The molecule has 0 fully saturated rings. The molecule has 0 aliphatic heterocycles. The zero-order valence-corrected chi connectivity index (χ0v) is 31.6. The van der Waals surface area contributed by atoms with Gasteiger partial charge in [0, 0.05) is 42.3 Å². The number of anilines is 3. The van der Waals surface area contributed by atoms with Gasteiger partial charge in [-0.2, -0.15) is 0 Å². The van der Waals surface area contributed by atoms with Gasteiger partial charge in [-0.05, 0) is 110 Å². The third-order valence-corrected chi connectivity index (χ3v) is 12.8. The second kappa shape index (κ2) is 12.7. The Morgan fingerprint density at radius 1 is 0.351 bits per heavy atom. The van der Waals surface area contributed by atoms with Crippen molar-refractivity contribution in [1.82, 2.24) is 0 Å². The lowest BCUT2D eigenvalue weighted by Gasteiger charge is -2.26. The van der Waals surface area contributed by atoms with E-state index in [4.69, 9.17) is 4.42 Å². The van der Waals surface area contributed by atoms with Crippen LogP contribution in [0.1, 0.15) is 0 Å². The Bertz CT molecular complexity index is 3520. The molecule has 0 N–H and O–H groups in total. The average Bonchev–Trinajstić information content (AvgIpc) is 3.86. The van der Waals surface area contributed by atoms with Gasteiger partial charge in [-0.25, -0.2) is 0 Å². The molecule has 0 atom stereocenters. The highest BCUT2D eigenvalue weighted by molar-refractivity contribution is 7.25. The molecular weight excluding hydrogens is 711 g/mol. The quantitative estimate of drug-likeness (QED) is 0.163. The summed E-state index contributed by atoms with van der Waals surface area (Å²) in [5.74, 6) is 0. The van der Waals surface area contributed by atoms with E-state index in [9.17, 15) is 0 Å². The zero-order valence-electron chi connectivity index (χ0n) is 30.8. The minimum absolute atomic E-state index is 0.873. The smallest absolute Gasteiger partial charge is 0.143 e. The number of thiophene rings is 1. The topological polar surface area (TPSA) is 16.4 Å². The molecule has 0 spiro atoms. The lowest BCUT2D eigenvalue weighted by Crippen LogP contribution is -2.10. The number of rotatable bonds is 5. The molecule has 3 heteroatoms. The molecule has 0 unspecified atom stereocenters. The van der Waals surface area contributed by atoms with Crippen LogP contribution in [0.4, 0.5) is 17.1 Å². The second-order valence-corrected chi connectivity index (χ2v) is 16.0. The molecule has 0 saturated heterocycles. The van der Waals surface area contributed by atoms with Crippen molar-refractivity contribution in [2.75, 3.05) is 4.90 Å². The minimum Gasteiger partial charge on any atom is -0.455 e. The van der Waals surface area contributed by atoms with Crippen LogP contribution in [0.15, 0.2) is 205 Å². The molecule has 0 amide bonds. The Kier molecular flexibility index (Phi) is 7.13. The molecule has 57 heavy (non-hydrogen) atoms. The third kappa shape index (κ3) is 5.17. The molecule has 0 aliphatic carbocycles. The number of hydrogen-bond acceptors (Lipinski definition) is 3. The molecular formula is C54H33NOS. The first kappa shape index (κ1) is 32.1. The van der Waals surface area contributed by atoms with Gasteiger partial charge in [-0.15, -0.1) is 11.3 Å². The van der Waals surface area contributed by atoms with Crippen LogP contribution in [0, 0.1) is 0 Å². The second-order valence-electron chi connectivity index (χ2n) is 14.9. The molecule has 2 aromatic heterocycles. The van der Waals surface area contributed by atoms with Crippen molar-refractivity contribution in [2.45, 2.75) is 0 Å². The first-order valence-corrected chi connectivity index (χ1v) is 20.2. The fourth-order valence-electron chi connectivity index (χ4n) is 8.85. The normalized spacial score (nSPS) is 11.9. The predicted octanol–water partition coefficient (Wildman–Crippen LogP) is 16.2. The van der Waals surface area contributed by atoms with Crippen LogP contribution in [-0.4, -0.2) is 0 Å². The van der Waals surface area contributed by atoms with Gasteiger partial charge in [0.2, 0.25) is 0 Å². The molecule has 2 nitrogen and oxygen atoms in total. The van der Waals surface area contributed by atoms with Crippen LogP contribution in [0.5, 0.6) is 0 Å². The van der Waals surface area contributed by atoms with E-state index >= 15 is 0 Å². The standard InChI is InChI=1S/C54H33NOS/c1-3-10-43-36(8-1)16-17-40-32-38(23-29-44(40)43)34-18-25-41(26-19-34)55(49-13-7-14-50-53(49)48-31-22-37-9-2-4-11-45(37)54(48)56-50)42-27-20-35(21-28-42)39-24-30-47-46-12-5-6-15-51(46)57-52(47)33-39/h1-33H. The fraction of sp³-hybridized carbons (Fsp3) is 0. The summed E-state index contributed by atoms with van der Waals surface area (Å²) in [4.78, 5) is 2.38. The first-order valence-electron chi connectivity index (χ1n) is 19.4. The molecule has 12 rings (SSSR count). The molecule has 266 valence electrons. The van der Waals surface area contributed by atoms with E-state index in [0.717, 1.165) is 44.4 Å². The maximum Gasteiger partial charge on any atom is 0.143 e. The molecule has 12 aromatic rings. The molecule has 0 radical (unpaired) electrons. The summed E-state index contributed by atoms with van der Waals surface area (Å²) in [6.45, 7) is 0. The van der Waals surface area contributed by atoms with Crippen LogP contribution >= 0.6 is 11.3 Å². The Morgan fingerprint density at radius 2 is 0.895 bits per heavy atom. The van der Waals surface area contributed by atoms with E-state index in [-0.39, 0.29) is 0 Å². The van der Waals surface area contributed by atoms with Gasteiger partial charge >= 0.3 is 0 Å². The Morgan fingerprint density at radius 3 is 1.67 bits per heavy atom. The van der Waals surface area contributed by atoms with Crippen molar-refractivity contribution in [2.24, 2.45) is 0 Å². The van der Waals surface area contributed by atoms with Crippen LogP contribution < -0.4 is 4.90 Å². The maximum atomic E-state index is 6.68. The maximum absolute atomic E-state index is 6.68. The summed E-state index contributed by atoms with van der Waals surface area (Å²) in [6, 6.07) is 72.8. The number of nitrogens with zero attached hydrogens (tertiary/aromatic N) is 1. The van der Waals surface area contributed by atoms with Crippen LogP contribution in [0.2, 0.25) is 0 Å². The minimum atomic E-state index is 0.873. The molecule has 0 bridgehead atoms. The van der Waals surface area contributed by atoms with E-state index in [2.05, 4.69) is 205 Å². The van der Waals surface area contributed by atoms with Crippen molar-refractivity contribution in [1.29, 1.82) is 0 Å². The SMILES string of the molecule is c1ccc2c(c1)ccc1cc(-c3ccc(N(c4ccc(-c5ccc6c(c5)sc5ccccc56)cc4)c4cccc5oc6c7ccccc7ccc6c45)cc3)ccc12. The average molecular weight is 744 g/mol. The van der Waals surface area contributed by atoms with E-state index in [1.807, 2.05) is 11.3 Å². The highest BCUT2D eigenvalue weighted by atomic mass is 32.1. The summed E-state index contributed by atoms with van der Waals surface area (Å²) in [6.07, 6.45) is 0. The lowest BCUT2D eigenvalue weighted by molar-refractivity contribution is 0.672. The van der Waals surface area contributed by atoms with Gasteiger partial charge in [0.05, 0.1) is 11.1 Å². The fourth-order valence-corrected chi connectivity index (χ4v) is 10.00. The zero-order chi connectivity index (χ0) is 37.5. The molecule has 0 saturated carbocycles. The summed E-state index contributed by atoms with van der Waals surface area (Å²) in [5.41, 5.74) is 9.81. The number of furan rings is 1. The first-order chi connectivity index (χ1) is 28.2. The van der Waals surface area contributed by atoms with E-state index in [1.54, 1.807) is 0 Å².